The number of aryl methyl sites for hydroxylation is 1. The van der Waals surface area contributed by atoms with Gasteiger partial charge < -0.3 is 15.2 Å². The number of anilines is 1. The molecule has 1 aromatic carbocycles. The number of methoxy groups -OCH3 is 1. The Labute approximate surface area is 144 Å². The summed E-state index contributed by atoms with van der Waals surface area (Å²) in [5, 5.41) is 6.89. The van der Waals surface area contributed by atoms with Gasteiger partial charge in [0.05, 0.1) is 13.3 Å². The van der Waals surface area contributed by atoms with Crippen LogP contribution in [0.25, 0.3) is 11.1 Å². The number of rotatable bonds is 5. The molecule has 0 saturated carbocycles. The topological polar surface area (TPSA) is 86.0 Å². The normalized spacial score (nSPS) is 12.0. The lowest BCUT2D eigenvalue weighted by Gasteiger charge is -2.19. The Bertz CT molecular complexity index is 895. The van der Waals surface area contributed by atoms with Crippen LogP contribution in [0.15, 0.2) is 36.7 Å². The maximum atomic E-state index is 13.6. The van der Waals surface area contributed by atoms with Crippen molar-refractivity contribution in [3.63, 3.8) is 0 Å². The highest BCUT2D eigenvalue weighted by Gasteiger charge is 2.17. The summed E-state index contributed by atoms with van der Waals surface area (Å²) < 4.78 is 24.8. The first kappa shape index (κ1) is 16.8. The molecule has 0 aliphatic carbocycles. The average molecular weight is 342 g/mol. The van der Waals surface area contributed by atoms with E-state index >= 15 is 0 Å². The number of nitrogen functional groups attached to an aromatic ring is 1. The fourth-order valence-electron chi connectivity index (χ4n) is 2.62. The molecule has 0 spiro atoms. The van der Waals surface area contributed by atoms with Gasteiger partial charge in [-0.15, -0.1) is 0 Å². The highest BCUT2D eigenvalue weighted by Crippen LogP contribution is 2.34. The summed E-state index contributed by atoms with van der Waals surface area (Å²) in [4.78, 5) is 4.19. The molecule has 0 saturated heterocycles. The van der Waals surface area contributed by atoms with Crippen molar-refractivity contribution in [1.82, 2.24) is 15.2 Å². The molecule has 2 aromatic heterocycles. The number of hydrogen-bond acceptors (Lipinski definition) is 5. The first-order valence-electron chi connectivity index (χ1n) is 7.75. The van der Waals surface area contributed by atoms with E-state index in [0.29, 0.717) is 17.1 Å². The molecule has 3 aromatic rings. The molecule has 25 heavy (non-hydrogen) atoms. The molecular weight excluding hydrogens is 323 g/mol. The van der Waals surface area contributed by atoms with E-state index in [9.17, 15) is 4.39 Å². The number of nitrogens with one attached hydrogen (secondary N) is 1. The van der Waals surface area contributed by atoms with Crippen LogP contribution in [-0.2, 0) is 0 Å². The van der Waals surface area contributed by atoms with Crippen molar-refractivity contribution in [1.29, 1.82) is 0 Å². The molecule has 3 rings (SSSR count). The highest BCUT2D eigenvalue weighted by molar-refractivity contribution is 5.68. The molecule has 0 fully saturated rings. The van der Waals surface area contributed by atoms with E-state index in [0.717, 1.165) is 16.8 Å². The summed E-state index contributed by atoms with van der Waals surface area (Å²) in [5.41, 5.74) is 9.18. The Hall–Kier alpha value is -3.09. The molecule has 0 unspecified atom stereocenters. The predicted molar refractivity (Wildman–Crippen MR) is 93.0 cm³/mol. The molecule has 0 bridgehead atoms. The van der Waals surface area contributed by atoms with Crippen molar-refractivity contribution in [2.75, 3.05) is 12.8 Å². The Kier molecular flexibility index (Phi) is 4.56. The maximum absolute atomic E-state index is 13.6. The van der Waals surface area contributed by atoms with Crippen LogP contribution < -0.4 is 15.2 Å². The summed E-state index contributed by atoms with van der Waals surface area (Å²) in [5.74, 6) is 0.853. The zero-order chi connectivity index (χ0) is 18.0. The first-order valence-corrected chi connectivity index (χ1v) is 7.75. The number of nitrogens with zero attached hydrogens (tertiary/aromatic N) is 2. The number of nitrogens with two attached hydrogens (primary N) is 1. The van der Waals surface area contributed by atoms with Gasteiger partial charge in [0, 0.05) is 28.6 Å². The van der Waals surface area contributed by atoms with Gasteiger partial charge >= 0.3 is 0 Å². The van der Waals surface area contributed by atoms with Gasteiger partial charge in [-0.05, 0) is 38.1 Å². The van der Waals surface area contributed by atoms with Gasteiger partial charge in [-0.1, -0.05) is 0 Å². The minimum Gasteiger partial charge on any atom is -0.496 e. The fourth-order valence-corrected chi connectivity index (χ4v) is 2.62. The number of pyridine rings is 1. The molecule has 0 radical (unpaired) electrons. The van der Waals surface area contributed by atoms with E-state index in [-0.39, 0.29) is 11.6 Å². The second kappa shape index (κ2) is 6.80. The Morgan fingerprint density at radius 1 is 1.20 bits per heavy atom. The van der Waals surface area contributed by atoms with Gasteiger partial charge in [0.25, 0.3) is 0 Å². The lowest BCUT2D eigenvalue weighted by atomic mass is 10.1. The monoisotopic (exact) mass is 342 g/mol. The molecule has 7 heteroatoms. The number of H-pyrrole nitrogens is 1. The summed E-state index contributed by atoms with van der Waals surface area (Å²) in [6.07, 6.45) is 2.90. The molecule has 1 atom stereocenters. The number of ether oxygens (including phenoxy) is 2. The molecule has 6 nitrogen and oxygen atoms in total. The number of halogens is 1. The van der Waals surface area contributed by atoms with E-state index in [1.54, 1.807) is 31.5 Å². The van der Waals surface area contributed by atoms with Gasteiger partial charge in [-0.25, -0.2) is 9.37 Å². The van der Waals surface area contributed by atoms with E-state index < -0.39 is 6.10 Å². The molecule has 3 N–H and O–H groups in total. The van der Waals surface area contributed by atoms with Crippen LogP contribution >= 0.6 is 0 Å². The smallest absolute Gasteiger partial charge is 0.166 e. The van der Waals surface area contributed by atoms with Crippen LogP contribution in [0.1, 0.15) is 24.3 Å². The average Bonchev–Trinajstić information content (AvgIpc) is 3.02. The van der Waals surface area contributed by atoms with E-state index in [2.05, 4.69) is 15.2 Å². The van der Waals surface area contributed by atoms with E-state index in [1.807, 2.05) is 6.92 Å². The van der Waals surface area contributed by atoms with Gasteiger partial charge in [-0.3, -0.25) is 5.10 Å². The number of aromatic amines is 1. The van der Waals surface area contributed by atoms with Crippen LogP contribution in [0.3, 0.4) is 0 Å². The van der Waals surface area contributed by atoms with Gasteiger partial charge in [0.15, 0.2) is 11.6 Å². The minimum atomic E-state index is -0.476. The standard InChI is InChI=1S/C18H19FN4O2/c1-10-15(9-22-23-10)12-6-17(18(20)21-8-12)25-11(2)14-7-13(19)4-5-16(14)24-3/h4-9,11H,1-3H3,(H2,20,21)(H,22,23)/t11-/m1/s1. The molecular formula is C18H19FN4O2. The van der Waals surface area contributed by atoms with Crippen LogP contribution in [0, 0.1) is 12.7 Å². The van der Waals surface area contributed by atoms with Crippen molar-refractivity contribution >= 4 is 5.82 Å². The Balaban J connectivity index is 1.93. The Morgan fingerprint density at radius 3 is 2.68 bits per heavy atom. The van der Waals surface area contributed by atoms with E-state index in [4.69, 9.17) is 15.2 Å². The van der Waals surface area contributed by atoms with Crippen LogP contribution in [0.5, 0.6) is 11.5 Å². The minimum absolute atomic E-state index is 0.257. The van der Waals surface area contributed by atoms with Gasteiger partial charge in [-0.2, -0.15) is 5.10 Å². The van der Waals surface area contributed by atoms with Crippen molar-refractivity contribution in [3.05, 3.63) is 53.7 Å². The van der Waals surface area contributed by atoms with Crippen LogP contribution in [-0.4, -0.2) is 22.3 Å². The lowest BCUT2D eigenvalue weighted by Crippen LogP contribution is -2.08. The van der Waals surface area contributed by atoms with Gasteiger partial charge in [0.1, 0.15) is 17.7 Å². The van der Waals surface area contributed by atoms with E-state index in [1.165, 1.54) is 19.2 Å². The molecule has 0 aliphatic rings. The molecule has 0 aliphatic heterocycles. The molecule has 130 valence electrons. The molecule has 2 heterocycles. The zero-order valence-electron chi connectivity index (χ0n) is 14.2. The quantitative estimate of drug-likeness (QED) is 0.739. The SMILES string of the molecule is COc1ccc(F)cc1[C@@H](C)Oc1cc(-c2cn[nH]c2C)cnc1N. The van der Waals surface area contributed by atoms with Crippen molar-refractivity contribution < 1.29 is 13.9 Å². The summed E-state index contributed by atoms with van der Waals surface area (Å²) in [6.45, 7) is 3.71. The number of aromatic nitrogens is 3. The van der Waals surface area contributed by atoms with Crippen molar-refractivity contribution in [2.24, 2.45) is 0 Å². The van der Waals surface area contributed by atoms with Gasteiger partial charge in [0.2, 0.25) is 0 Å². The van der Waals surface area contributed by atoms with Crippen molar-refractivity contribution in [2.45, 2.75) is 20.0 Å². The first-order chi connectivity index (χ1) is 12.0. The van der Waals surface area contributed by atoms with Crippen molar-refractivity contribution in [3.8, 4) is 22.6 Å². The highest BCUT2D eigenvalue weighted by atomic mass is 19.1. The largest absolute Gasteiger partial charge is 0.496 e. The number of hydrogen-bond donors (Lipinski definition) is 2. The summed E-state index contributed by atoms with van der Waals surface area (Å²) >= 11 is 0. The predicted octanol–water partition coefficient (Wildman–Crippen LogP) is 3.65. The third-order valence-corrected chi connectivity index (χ3v) is 3.96. The maximum Gasteiger partial charge on any atom is 0.166 e. The van der Waals surface area contributed by atoms with Crippen LogP contribution in [0.2, 0.25) is 0 Å². The Morgan fingerprint density at radius 2 is 2.00 bits per heavy atom. The third-order valence-electron chi connectivity index (χ3n) is 3.96. The lowest BCUT2D eigenvalue weighted by molar-refractivity contribution is 0.221. The van der Waals surface area contributed by atoms with Crippen LogP contribution in [0.4, 0.5) is 10.2 Å². The number of benzene rings is 1. The second-order valence-electron chi connectivity index (χ2n) is 5.66. The fraction of sp³-hybridized carbons (Fsp3) is 0.222. The zero-order valence-corrected chi connectivity index (χ0v) is 14.2. The third kappa shape index (κ3) is 3.40. The molecule has 0 amide bonds. The summed E-state index contributed by atoms with van der Waals surface area (Å²) in [6, 6.07) is 6.09. The second-order valence-corrected chi connectivity index (χ2v) is 5.66. The summed E-state index contributed by atoms with van der Waals surface area (Å²) in [7, 11) is 1.53.